The minimum Gasteiger partial charge on any atom is -0.329 e. The number of nitrogens with zero attached hydrogens (tertiary/aromatic N) is 1. The van der Waals surface area contributed by atoms with Crippen molar-refractivity contribution in [3.63, 3.8) is 0 Å². The van der Waals surface area contributed by atoms with E-state index >= 15 is 0 Å². The van der Waals surface area contributed by atoms with Crippen molar-refractivity contribution in [1.29, 1.82) is 0 Å². The summed E-state index contributed by atoms with van der Waals surface area (Å²) in [6.07, 6.45) is 9.18. The van der Waals surface area contributed by atoms with Crippen molar-refractivity contribution >= 4 is 0 Å². The Morgan fingerprint density at radius 2 is 1.53 bits per heavy atom. The molecule has 0 aliphatic rings. The SMILES string of the molecule is CCCCCCCN(CCC)C(C)(CC)CN. The largest absolute Gasteiger partial charge is 0.329 e. The molecule has 2 N–H and O–H groups in total. The Labute approximate surface area is 109 Å². The van der Waals surface area contributed by atoms with Crippen LogP contribution in [0.3, 0.4) is 0 Å². The van der Waals surface area contributed by atoms with E-state index in [1.165, 1.54) is 51.6 Å². The first kappa shape index (κ1) is 16.9. The molecule has 0 rings (SSSR count). The van der Waals surface area contributed by atoms with E-state index in [0.29, 0.717) is 0 Å². The Hall–Kier alpha value is -0.0800. The average molecular weight is 242 g/mol. The third-order valence-electron chi connectivity index (χ3n) is 3.99. The smallest absolute Gasteiger partial charge is 0.0300 e. The molecule has 0 saturated heterocycles. The molecule has 0 bridgehead atoms. The number of hydrogen-bond acceptors (Lipinski definition) is 2. The van der Waals surface area contributed by atoms with E-state index in [0.717, 1.165) is 13.0 Å². The van der Waals surface area contributed by atoms with Crippen LogP contribution in [-0.2, 0) is 0 Å². The standard InChI is InChI=1S/C15H34N2/c1-5-8-9-10-11-13-17(12-6-2)15(4,7-3)14-16/h5-14,16H2,1-4H3. The lowest BCUT2D eigenvalue weighted by molar-refractivity contribution is 0.103. The van der Waals surface area contributed by atoms with E-state index in [1.54, 1.807) is 0 Å². The summed E-state index contributed by atoms with van der Waals surface area (Å²) in [5.41, 5.74) is 6.17. The van der Waals surface area contributed by atoms with Crippen molar-refractivity contribution in [2.75, 3.05) is 19.6 Å². The summed E-state index contributed by atoms with van der Waals surface area (Å²) < 4.78 is 0. The molecule has 0 fully saturated rings. The molecule has 0 radical (unpaired) electrons. The van der Waals surface area contributed by atoms with Crippen LogP contribution in [0, 0.1) is 0 Å². The highest BCUT2D eigenvalue weighted by Gasteiger charge is 2.27. The maximum Gasteiger partial charge on any atom is 0.0300 e. The Morgan fingerprint density at radius 1 is 0.882 bits per heavy atom. The van der Waals surface area contributed by atoms with E-state index in [4.69, 9.17) is 5.73 Å². The van der Waals surface area contributed by atoms with E-state index in [9.17, 15) is 0 Å². The van der Waals surface area contributed by atoms with Gasteiger partial charge in [0.25, 0.3) is 0 Å². The van der Waals surface area contributed by atoms with Crippen molar-refractivity contribution in [3.05, 3.63) is 0 Å². The van der Waals surface area contributed by atoms with Crippen LogP contribution < -0.4 is 5.73 Å². The fourth-order valence-electron chi connectivity index (χ4n) is 2.32. The van der Waals surface area contributed by atoms with Crippen LogP contribution in [0.1, 0.15) is 72.6 Å². The molecule has 0 aromatic heterocycles. The van der Waals surface area contributed by atoms with Gasteiger partial charge in [0.05, 0.1) is 0 Å². The maximum atomic E-state index is 5.96. The lowest BCUT2D eigenvalue weighted by atomic mass is 9.95. The molecule has 0 spiro atoms. The first-order valence-corrected chi connectivity index (χ1v) is 7.59. The van der Waals surface area contributed by atoms with Crippen molar-refractivity contribution in [2.24, 2.45) is 5.73 Å². The van der Waals surface area contributed by atoms with Crippen LogP contribution in [0.5, 0.6) is 0 Å². The van der Waals surface area contributed by atoms with Crippen LogP contribution in [-0.4, -0.2) is 30.1 Å². The highest BCUT2D eigenvalue weighted by atomic mass is 15.2. The van der Waals surface area contributed by atoms with Crippen LogP contribution in [0.2, 0.25) is 0 Å². The minimum atomic E-state index is 0.209. The van der Waals surface area contributed by atoms with Gasteiger partial charge in [0.15, 0.2) is 0 Å². The third kappa shape index (κ3) is 6.42. The van der Waals surface area contributed by atoms with Crippen LogP contribution >= 0.6 is 0 Å². The number of rotatable bonds is 11. The Balaban J connectivity index is 4.05. The predicted molar refractivity (Wildman–Crippen MR) is 78.4 cm³/mol. The van der Waals surface area contributed by atoms with Gasteiger partial charge < -0.3 is 5.73 Å². The molecule has 0 aliphatic heterocycles. The Bertz CT molecular complexity index is 164. The molecule has 17 heavy (non-hydrogen) atoms. The normalized spacial score (nSPS) is 15.2. The summed E-state index contributed by atoms with van der Waals surface area (Å²) in [5, 5.41) is 0. The summed E-state index contributed by atoms with van der Waals surface area (Å²) in [4.78, 5) is 2.61. The molecule has 104 valence electrons. The minimum absolute atomic E-state index is 0.209. The van der Waals surface area contributed by atoms with Gasteiger partial charge in [-0.1, -0.05) is 46.5 Å². The molecule has 1 atom stereocenters. The Morgan fingerprint density at radius 3 is 2.00 bits per heavy atom. The lowest BCUT2D eigenvalue weighted by Crippen LogP contribution is -2.51. The molecule has 0 heterocycles. The number of hydrogen-bond donors (Lipinski definition) is 1. The maximum absolute atomic E-state index is 5.96. The van der Waals surface area contributed by atoms with E-state index in [1.807, 2.05) is 0 Å². The van der Waals surface area contributed by atoms with Gasteiger partial charge in [0.2, 0.25) is 0 Å². The van der Waals surface area contributed by atoms with Gasteiger partial charge >= 0.3 is 0 Å². The number of unbranched alkanes of at least 4 members (excludes halogenated alkanes) is 4. The van der Waals surface area contributed by atoms with E-state index in [-0.39, 0.29) is 5.54 Å². The summed E-state index contributed by atoms with van der Waals surface area (Å²) in [6.45, 7) is 12.3. The second kappa shape index (κ2) is 9.90. The summed E-state index contributed by atoms with van der Waals surface area (Å²) in [6, 6.07) is 0. The predicted octanol–water partition coefficient (Wildman–Crippen LogP) is 3.80. The van der Waals surface area contributed by atoms with Crippen molar-refractivity contribution in [2.45, 2.75) is 78.2 Å². The fraction of sp³-hybridized carbons (Fsp3) is 1.00. The molecule has 2 nitrogen and oxygen atoms in total. The molecule has 0 amide bonds. The van der Waals surface area contributed by atoms with Crippen LogP contribution in [0.15, 0.2) is 0 Å². The fourth-order valence-corrected chi connectivity index (χ4v) is 2.32. The zero-order valence-corrected chi connectivity index (χ0v) is 12.6. The molecule has 0 aromatic carbocycles. The van der Waals surface area contributed by atoms with Crippen molar-refractivity contribution < 1.29 is 0 Å². The molecule has 0 aromatic rings. The third-order valence-corrected chi connectivity index (χ3v) is 3.99. The zero-order valence-electron chi connectivity index (χ0n) is 12.6. The Kier molecular flexibility index (Phi) is 9.85. The molecule has 0 aliphatic carbocycles. The first-order valence-electron chi connectivity index (χ1n) is 7.59. The lowest BCUT2D eigenvalue weighted by Gasteiger charge is -2.40. The zero-order chi connectivity index (χ0) is 13.1. The van der Waals surface area contributed by atoms with E-state index < -0.39 is 0 Å². The quantitative estimate of drug-likeness (QED) is 0.558. The second-order valence-corrected chi connectivity index (χ2v) is 5.46. The average Bonchev–Trinajstić information content (AvgIpc) is 2.36. The highest BCUT2D eigenvalue weighted by Crippen LogP contribution is 2.19. The van der Waals surface area contributed by atoms with Crippen molar-refractivity contribution in [3.8, 4) is 0 Å². The second-order valence-electron chi connectivity index (χ2n) is 5.46. The summed E-state index contributed by atoms with van der Waals surface area (Å²) >= 11 is 0. The summed E-state index contributed by atoms with van der Waals surface area (Å²) in [7, 11) is 0. The molecular weight excluding hydrogens is 208 g/mol. The molecule has 0 saturated carbocycles. The first-order chi connectivity index (χ1) is 8.14. The monoisotopic (exact) mass is 242 g/mol. The van der Waals surface area contributed by atoms with Crippen LogP contribution in [0.25, 0.3) is 0 Å². The van der Waals surface area contributed by atoms with Crippen molar-refractivity contribution in [1.82, 2.24) is 4.90 Å². The topological polar surface area (TPSA) is 29.3 Å². The van der Waals surface area contributed by atoms with E-state index in [2.05, 4.69) is 32.6 Å². The summed E-state index contributed by atoms with van der Waals surface area (Å²) in [5.74, 6) is 0. The van der Waals surface area contributed by atoms with Gasteiger partial charge in [-0.05, 0) is 39.3 Å². The highest BCUT2D eigenvalue weighted by molar-refractivity contribution is 4.85. The molecule has 1 unspecified atom stereocenters. The van der Waals surface area contributed by atoms with Gasteiger partial charge in [-0.3, -0.25) is 4.90 Å². The van der Waals surface area contributed by atoms with Gasteiger partial charge in [-0.25, -0.2) is 0 Å². The molecule has 2 heteroatoms. The van der Waals surface area contributed by atoms with Gasteiger partial charge in [-0.2, -0.15) is 0 Å². The van der Waals surface area contributed by atoms with Crippen LogP contribution in [0.4, 0.5) is 0 Å². The van der Waals surface area contributed by atoms with Gasteiger partial charge in [-0.15, -0.1) is 0 Å². The van der Waals surface area contributed by atoms with Gasteiger partial charge in [0, 0.05) is 12.1 Å². The number of nitrogens with two attached hydrogens (primary N) is 1. The molecular formula is C15H34N2. The van der Waals surface area contributed by atoms with Gasteiger partial charge in [0.1, 0.15) is 0 Å².